The van der Waals surface area contributed by atoms with E-state index in [9.17, 15) is 5.11 Å². The fourth-order valence-electron chi connectivity index (χ4n) is 2.30. The summed E-state index contributed by atoms with van der Waals surface area (Å²) in [7, 11) is 0. The minimum absolute atomic E-state index is 0.319. The fourth-order valence-corrected chi connectivity index (χ4v) is 2.40. The van der Waals surface area contributed by atoms with Crippen molar-refractivity contribution in [1.82, 2.24) is 0 Å². The summed E-state index contributed by atoms with van der Waals surface area (Å²) < 4.78 is 0.847. The topological polar surface area (TPSA) is 32.6 Å². The molecular formula is C14H22BrNO. The number of allylic oxidation sites excluding steroid dienone is 2. The zero-order valence-electron chi connectivity index (χ0n) is 10.7. The number of aliphatic hydroxyl groups is 1. The van der Waals surface area contributed by atoms with E-state index >= 15 is 0 Å². The minimum atomic E-state index is -0.680. The maximum absolute atomic E-state index is 10.6. The van der Waals surface area contributed by atoms with Crippen LogP contribution in [0.4, 0.5) is 0 Å². The van der Waals surface area contributed by atoms with Crippen LogP contribution in [0.3, 0.4) is 0 Å². The number of rotatable bonds is 5. The molecule has 0 aromatic heterocycles. The molecule has 0 aromatic rings. The quantitative estimate of drug-likeness (QED) is 0.599. The van der Waals surface area contributed by atoms with Gasteiger partial charge in [0.1, 0.15) is 5.60 Å². The van der Waals surface area contributed by atoms with Gasteiger partial charge in [0, 0.05) is 10.7 Å². The second-order valence-electron chi connectivity index (χ2n) is 4.78. The number of hydrogen-bond acceptors (Lipinski definition) is 2. The summed E-state index contributed by atoms with van der Waals surface area (Å²) in [5.74, 6) is 0.319. The molecule has 0 aliphatic heterocycles. The van der Waals surface area contributed by atoms with E-state index in [4.69, 9.17) is 0 Å². The zero-order valence-corrected chi connectivity index (χ0v) is 12.3. The number of aliphatic imine (C=N–C) groups is 1. The molecule has 17 heavy (non-hydrogen) atoms. The largest absolute Gasteiger partial charge is 0.384 e. The van der Waals surface area contributed by atoms with E-state index in [0.29, 0.717) is 5.92 Å². The monoisotopic (exact) mass is 299 g/mol. The third-order valence-electron chi connectivity index (χ3n) is 3.51. The van der Waals surface area contributed by atoms with Gasteiger partial charge in [-0.3, -0.25) is 4.99 Å². The molecule has 96 valence electrons. The second kappa shape index (κ2) is 6.50. The van der Waals surface area contributed by atoms with Crippen LogP contribution < -0.4 is 0 Å². The van der Waals surface area contributed by atoms with E-state index in [1.807, 2.05) is 0 Å². The van der Waals surface area contributed by atoms with E-state index in [1.54, 1.807) is 12.3 Å². The lowest BCUT2D eigenvalue weighted by Crippen LogP contribution is -2.39. The van der Waals surface area contributed by atoms with Crippen molar-refractivity contribution in [2.45, 2.75) is 51.6 Å². The Morgan fingerprint density at radius 2 is 2.12 bits per heavy atom. The Bertz CT molecular complexity index is 327. The molecule has 0 bridgehead atoms. The van der Waals surface area contributed by atoms with E-state index in [-0.39, 0.29) is 0 Å². The standard InChI is InChI=1S/C14H22BrNO/c1-4-11(3)13(16-10-12(15)5-2)14(17)8-6-7-9-14/h5,10-11,17H,2,4,6-9H2,1,3H3/b12-10+,16-13?. The first kappa shape index (κ1) is 14.7. The van der Waals surface area contributed by atoms with Crippen LogP contribution in [0.15, 0.2) is 28.3 Å². The number of nitrogens with zero attached hydrogens (tertiary/aromatic N) is 1. The van der Waals surface area contributed by atoms with Crippen molar-refractivity contribution in [3.8, 4) is 0 Å². The summed E-state index contributed by atoms with van der Waals surface area (Å²) in [5.41, 5.74) is 0.247. The number of hydrogen-bond donors (Lipinski definition) is 1. The lowest BCUT2D eigenvalue weighted by atomic mass is 9.86. The van der Waals surface area contributed by atoms with Gasteiger partial charge in [0.2, 0.25) is 0 Å². The molecule has 3 heteroatoms. The van der Waals surface area contributed by atoms with Gasteiger partial charge in [-0.25, -0.2) is 0 Å². The smallest absolute Gasteiger partial charge is 0.103 e. The summed E-state index contributed by atoms with van der Waals surface area (Å²) in [6.45, 7) is 7.93. The van der Waals surface area contributed by atoms with Gasteiger partial charge in [-0.2, -0.15) is 0 Å². The van der Waals surface area contributed by atoms with Crippen molar-refractivity contribution in [2.24, 2.45) is 10.9 Å². The van der Waals surface area contributed by atoms with E-state index < -0.39 is 5.60 Å². The lowest BCUT2D eigenvalue weighted by molar-refractivity contribution is 0.115. The van der Waals surface area contributed by atoms with Crippen molar-refractivity contribution in [2.75, 3.05) is 0 Å². The highest BCUT2D eigenvalue weighted by Gasteiger charge is 2.38. The lowest BCUT2D eigenvalue weighted by Gasteiger charge is -2.28. The van der Waals surface area contributed by atoms with Gasteiger partial charge in [0.05, 0.1) is 5.71 Å². The second-order valence-corrected chi connectivity index (χ2v) is 5.70. The molecule has 0 radical (unpaired) electrons. The first-order chi connectivity index (χ1) is 8.03. The van der Waals surface area contributed by atoms with Crippen molar-refractivity contribution in [1.29, 1.82) is 0 Å². The third kappa shape index (κ3) is 3.78. The molecule has 1 rings (SSSR count). The molecule has 1 saturated carbocycles. The molecule has 1 aliphatic carbocycles. The summed E-state index contributed by atoms with van der Waals surface area (Å²) in [4.78, 5) is 4.51. The van der Waals surface area contributed by atoms with Crippen molar-refractivity contribution in [3.05, 3.63) is 23.3 Å². The Balaban J connectivity index is 2.99. The van der Waals surface area contributed by atoms with Crippen LogP contribution in [0.25, 0.3) is 0 Å². The maximum atomic E-state index is 10.6. The van der Waals surface area contributed by atoms with E-state index in [2.05, 4.69) is 41.3 Å². The molecule has 1 N–H and O–H groups in total. The minimum Gasteiger partial charge on any atom is -0.384 e. The van der Waals surface area contributed by atoms with Crippen LogP contribution in [0.1, 0.15) is 46.0 Å². The Morgan fingerprint density at radius 1 is 1.53 bits per heavy atom. The van der Waals surface area contributed by atoms with Gasteiger partial charge in [-0.05, 0) is 41.1 Å². The van der Waals surface area contributed by atoms with Crippen LogP contribution in [-0.4, -0.2) is 16.4 Å². The van der Waals surface area contributed by atoms with Gasteiger partial charge in [-0.15, -0.1) is 0 Å². The highest BCUT2D eigenvalue weighted by atomic mass is 79.9. The first-order valence-corrected chi connectivity index (χ1v) is 7.11. The molecule has 1 aliphatic rings. The Kier molecular flexibility index (Phi) is 5.60. The predicted octanol–water partition coefficient (Wildman–Crippen LogP) is 4.20. The zero-order chi connectivity index (χ0) is 12.9. The molecule has 0 spiro atoms. The molecular weight excluding hydrogens is 278 g/mol. The van der Waals surface area contributed by atoms with Gasteiger partial charge in [0.15, 0.2) is 0 Å². The van der Waals surface area contributed by atoms with Crippen LogP contribution >= 0.6 is 15.9 Å². The van der Waals surface area contributed by atoms with Crippen LogP contribution in [0.2, 0.25) is 0 Å². The first-order valence-electron chi connectivity index (χ1n) is 6.32. The SMILES string of the molecule is C=C/C(Br)=C\N=C(C(C)CC)C1(O)CCCC1. The van der Waals surface area contributed by atoms with Gasteiger partial charge in [0.25, 0.3) is 0 Å². The summed E-state index contributed by atoms with van der Waals surface area (Å²) in [6.07, 6.45) is 8.32. The maximum Gasteiger partial charge on any atom is 0.103 e. The summed E-state index contributed by atoms with van der Waals surface area (Å²) in [6, 6.07) is 0. The molecule has 0 aromatic carbocycles. The van der Waals surface area contributed by atoms with Crippen LogP contribution in [-0.2, 0) is 0 Å². The Labute approximate surface area is 113 Å². The predicted molar refractivity (Wildman–Crippen MR) is 77.5 cm³/mol. The van der Waals surface area contributed by atoms with E-state index in [1.165, 1.54) is 0 Å². The normalized spacial score (nSPS) is 22.6. The highest BCUT2D eigenvalue weighted by Crippen LogP contribution is 2.34. The van der Waals surface area contributed by atoms with Gasteiger partial charge < -0.3 is 5.11 Å². The van der Waals surface area contributed by atoms with Gasteiger partial charge >= 0.3 is 0 Å². The third-order valence-corrected chi connectivity index (χ3v) is 4.04. The molecule has 0 heterocycles. The molecule has 0 saturated heterocycles. The van der Waals surface area contributed by atoms with E-state index in [0.717, 1.165) is 42.3 Å². The van der Waals surface area contributed by atoms with Crippen molar-refractivity contribution < 1.29 is 5.11 Å². The fraction of sp³-hybridized carbons (Fsp3) is 0.643. The van der Waals surface area contributed by atoms with Crippen LogP contribution in [0, 0.1) is 5.92 Å². The average molecular weight is 300 g/mol. The Hall–Kier alpha value is -0.410. The number of halogens is 1. The molecule has 1 atom stereocenters. The van der Waals surface area contributed by atoms with Crippen LogP contribution in [0.5, 0.6) is 0 Å². The average Bonchev–Trinajstić information content (AvgIpc) is 2.76. The summed E-state index contributed by atoms with van der Waals surface area (Å²) >= 11 is 3.36. The molecule has 2 nitrogen and oxygen atoms in total. The van der Waals surface area contributed by atoms with Crippen molar-refractivity contribution >= 4 is 21.6 Å². The molecule has 0 amide bonds. The molecule has 1 unspecified atom stereocenters. The van der Waals surface area contributed by atoms with Gasteiger partial charge in [-0.1, -0.05) is 39.3 Å². The summed E-state index contributed by atoms with van der Waals surface area (Å²) in [5, 5.41) is 10.6. The van der Waals surface area contributed by atoms with Crippen molar-refractivity contribution in [3.63, 3.8) is 0 Å². The molecule has 1 fully saturated rings. The Morgan fingerprint density at radius 3 is 2.59 bits per heavy atom. The highest BCUT2D eigenvalue weighted by molar-refractivity contribution is 9.11.